The number of hydrogen-bond donors (Lipinski definition) is 0. The third kappa shape index (κ3) is 5.57. The number of benzene rings is 4. The van der Waals surface area contributed by atoms with Gasteiger partial charge in [0, 0.05) is 16.5 Å². The second-order valence-corrected chi connectivity index (χ2v) is 8.96. The first-order valence-electron chi connectivity index (χ1n) is 12.3. The van der Waals surface area contributed by atoms with E-state index in [0.717, 1.165) is 11.1 Å². The predicted octanol–water partition coefficient (Wildman–Crippen LogP) is 7.74. The fourth-order valence-electron chi connectivity index (χ4n) is 4.13. The third-order valence-corrected chi connectivity index (χ3v) is 6.16. The average molecular weight is 503 g/mol. The number of hydrogen-bond acceptors (Lipinski definition) is 5. The lowest BCUT2D eigenvalue weighted by molar-refractivity contribution is 0.0734. The van der Waals surface area contributed by atoms with Gasteiger partial charge in [-0.3, -0.25) is 4.79 Å². The van der Waals surface area contributed by atoms with Crippen molar-refractivity contribution in [3.8, 4) is 11.5 Å². The number of carbonyl (C=O) groups is 2. The monoisotopic (exact) mass is 502 g/mol. The van der Waals surface area contributed by atoms with Crippen LogP contribution < -0.4 is 9.47 Å². The minimum atomic E-state index is -0.549. The Labute approximate surface area is 220 Å². The number of rotatable bonds is 8. The highest BCUT2D eigenvalue weighted by molar-refractivity contribution is 6.07. The summed E-state index contributed by atoms with van der Waals surface area (Å²) in [6, 6.07) is 29.7. The number of ether oxygens (including phenoxy) is 2. The Morgan fingerprint density at radius 1 is 0.842 bits per heavy atom. The minimum absolute atomic E-state index is 0.133. The Morgan fingerprint density at radius 2 is 1.58 bits per heavy atom. The molecule has 0 amide bonds. The van der Waals surface area contributed by atoms with E-state index in [1.165, 1.54) is 6.08 Å². The van der Waals surface area contributed by atoms with Crippen LogP contribution in [0.2, 0.25) is 0 Å². The number of aryl methyl sites for hydroxylation is 2. The summed E-state index contributed by atoms with van der Waals surface area (Å²) in [5.41, 5.74) is 4.23. The van der Waals surface area contributed by atoms with Crippen LogP contribution in [0.1, 0.15) is 43.2 Å². The number of esters is 1. The summed E-state index contributed by atoms with van der Waals surface area (Å²) >= 11 is 0. The van der Waals surface area contributed by atoms with Gasteiger partial charge in [-0.2, -0.15) is 0 Å². The Hall–Kier alpha value is -4.90. The fraction of sp³-hybridized carbons (Fsp3) is 0.0909. The molecule has 188 valence electrons. The van der Waals surface area contributed by atoms with Crippen LogP contribution in [-0.2, 0) is 6.61 Å². The van der Waals surface area contributed by atoms with Gasteiger partial charge in [0.2, 0.25) is 0 Å². The van der Waals surface area contributed by atoms with Crippen LogP contribution in [0.4, 0.5) is 0 Å². The number of fused-ring (bicyclic) bond motifs is 1. The molecule has 5 rings (SSSR count). The van der Waals surface area contributed by atoms with Gasteiger partial charge in [0.25, 0.3) is 0 Å². The molecule has 0 fully saturated rings. The zero-order chi connectivity index (χ0) is 26.5. The van der Waals surface area contributed by atoms with Crippen LogP contribution in [0.15, 0.2) is 108 Å². The van der Waals surface area contributed by atoms with Crippen LogP contribution in [-0.4, -0.2) is 11.8 Å². The van der Waals surface area contributed by atoms with E-state index in [0.29, 0.717) is 51.5 Å². The standard InChI is InChI=1S/C33H26O5/c1-22-12-14-25(15-13-22)29(34)18-16-26-10-6-7-11-30(26)38-33(35)32-23(2)37-31-19-17-27(20-28(31)32)36-21-24-8-4-3-5-9-24/h3-20H,21H2,1-2H3/b18-16+. The van der Waals surface area contributed by atoms with Crippen molar-refractivity contribution >= 4 is 28.8 Å². The molecule has 38 heavy (non-hydrogen) atoms. The number of carbonyl (C=O) groups excluding carboxylic acids is 2. The Morgan fingerprint density at radius 3 is 2.37 bits per heavy atom. The van der Waals surface area contributed by atoms with Crippen molar-refractivity contribution in [1.29, 1.82) is 0 Å². The first-order valence-corrected chi connectivity index (χ1v) is 12.3. The molecule has 1 aromatic heterocycles. The second-order valence-electron chi connectivity index (χ2n) is 8.96. The second kappa shape index (κ2) is 11.0. The number of furan rings is 1. The van der Waals surface area contributed by atoms with Crippen LogP contribution in [0.5, 0.6) is 11.5 Å². The summed E-state index contributed by atoms with van der Waals surface area (Å²) < 4.78 is 17.6. The SMILES string of the molecule is Cc1ccc(C(=O)/C=C/c2ccccc2OC(=O)c2c(C)oc3ccc(OCc4ccccc4)cc23)cc1. The number of ketones is 1. The summed E-state index contributed by atoms with van der Waals surface area (Å²) in [5.74, 6) is 0.732. The number of para-hydroxylation sites is 1. The first kappa shape index (κ1) is 24.8. The van der Waals surface area contributed by atoms with Gasteiger partial charge in [0.1, 0.15) is 35.0 Å². The molecule has 0 aliphatic heterocycles. The van der Waals surface area contributed by atoms with Gasteiger partial charge in [0.15, 0.2) is 5.78 Å². The predicted molar refractivity (Wildman–Crippen MR) is 148 cm³/mol. The molecule has 5 nitrogen and oxygen atoms in total. The van der Waals surface area contributed by atoms with Gasteiger partial charge in [-0.1, -0.05) is 78.4 Å². The zero-order valence-corrected chi connectivity index (χ0v) is 21.1. The van der Waals surface area contributed by atoms with Crippen molar-refractivity contribution in [2.24, 2.45) is 0 Å². The highest BCUT2D eigenvalue weighted by atomic mass is 16.5. The molecule has 0 unspecified atom stereocenters. The molecule has 0 spiro atoms. The maximum absolute atomic E-state index is 13.3. The van der Waals surface area contributed by atoms with Gasteiger partial charge in [-0.15, -0.1) is 0 Å². The van der Waals surface area contributed by atoms with Crippen LogP contribution in [0.25, 0.3) is 17.0 Å². The van der Waals surface area contributed by atoms with Crippen LogP contribution in [0.3, 0.4) is 0 Å². The maximum Gasteiger partial charge on any atom is 0.347 e. The van der Waals surface area contributed by atoms with E-state index in [9.17, 15) is 9.59 Å². The molecule has 0 bridgehead atoms. The van der Waals surface area contributed by atoms with Crippen molar-refractivity contribution in [3.63, 3.8) is 0 Å². The Kier molecular flexibility index (Phi) is 7.18. The van der Waals surface area contributed by atoms with E-state index >= 15 is 0 Å². The van der Waals surface area contributed by atoms with E-state index in [1.807, 2.05) is 61.5 Å². The molecule has 0 atom stereocenters. The fourth-order valence-corrected chi connectivity index (χ4v) is 4.13. The topological polar surface area (TPSA) is 65.7 Å². The third-order valence-electron chi connectivity index (χ3n) is 6.16. The van der Waals surface area contributed by atoms with E-state index in [1.54, 1.807) is 55.5 Å². The van der Waals surface area contributed by atoms with Crippen molar-refractivity contribution in [2.45, 2.75) is 20.5 Å². The van der Waals surface area contributed by atoms with Crippen LogP contribution >= 0.6 is 0 Å². The van der Waals surface area contributed by atoms with E-state index in [2.05, 4.69) is 0 Å². The Balaban J connectivity index is 1.36. The molecule has 0 radical (unpaired) electrons. The van der Waals surface area contributed by atoms with Crippen molar-refractivity contribution < 1.29 is 23.5 Å². The van der Waals surface area contributed by atoms with Gasteiger partial charge < -0.3 is 13.9 Å². The lowest BCUT2D eigenvalue weighted by atomic mass is 10.1. The summed E-state index contributed by atoms with van der Waals surface area (Å²) in [6.07, 6.45) is 3.13. The highest BCUT2D eigenvalue weighted by Crippen LogP contribution is 2.31. The highest BCUT2D eigenvalue weighted by Gasteiger charge is 2.21. The normalized spacial score (nSPS) is 11.1. The summed E-state index contributed by atoms with van der Waals surface area (Å²) in [5, 5.41) is 0.612. The van der Waals surface area contributed by atoms with Crippen molar-refractivity contribution in [1.82, 2.24) is 0 Å². The van der Waals surface area contributed by atoms with Crippen LogP contribution in [0, 0.1) is 13.8 Å². The van der Waals surface area contributed by atoms with Gasteiger partial charge in [-0.05, 0) is 55.8 Å². The summed E-state index contributed by atoms with van der Waals surface area (Å²) in [7, 11) is 0. The molecule has 0 N–H and O–H groups in total. The Bertz CT molecular complexity index is 1630. The average Bonchev–Trinajstić information content (AvgIpc) is 3.27. The molecule has 0 saturated heterocycles. The molecule has 0 aliphatic rings. The summed E-state index contributed by atoms with van der Waals surface area (Å²) in [4.78, 5) is 25.9. The van der Waals surface area contributed by atoms with Gasteiger partial charge in [-0.25, -0.2) is 4.79 Å². The van der Waals surface area contributed by atoms with Crippen molar-refractivity contribution in [3.05, 3.63) is 137 Å². The largest absolute Gasteiger partial charge is 0.489 e. The smallest absolute Gasteiger partial charge is 0.347 e. The van der Waals surface area contributed by atoms with Gasteiger partial charge >= 0.3 is 5.97 Å². The van der Waals surface area contributed by atoms with E-state index in [-0.39, 0.29) is 5.78 Å². The molecule has 4 aromatic carbocycles. The first-order chi connectivity index (χ1) is 18.5. The molecular formula is C33H26O5. The molecule has 0 aliphatic carbocycles. The zero-order valence-electron chi connectivity index (χ0n) is 21.1. The lowest BCUT2D eigenvalue weighted by Gasteiger charge is -2.08. The molecule has 5 heteroatoms. The maximum atomic E-state index is 13.3. The quantitative estimate of drug-likeness (QED) is 0.0939. The number of allylic oxidation sites excluding steroid dienone is 1. The lowest BCUT2D eigenvalue weighted by Crippen LogP contribution is -2.10. The molecular weight excluding hydrogens is 476 g/mol. The van der Waals surface area contributed by atoms with Crippen molar-refractivity contribution in [2.75, 3.05) is 0 Å². The molecule has 5 aromatic rings. The van der Waals surface area contributed by atoms with E-state index < -0.39 is 5.97 Å². The minimum Gasteiger partial charge on any atom is -0.489 e. The summed E-state index contributed by atoms with van der Waals surface area (Å²) in [6.45, 7) is 4.11. The van der Waals surface area contributed by atoms with Gasteiger partial charge in [0.05, 0.1) is 0 Å². The molecule has 1 heterocycles. The van der Waals surface area contributed by atoms with E-state index in [4.69, 9.17) is 13.9 Å². The molecule has 0 saturated carbocycles.